The summed E-state index contributed by atoms with van der Waals surface area (Å²) in [6.07, 6.45) is 2.92. The first kappa shape index (κ1) is 11.1. The number of rotatable bonds is 5. The minimum absolute atomic E-state index is 0.0599. The van der Waals surface area contributed by atoms with Crippen molar-refractivity contribution in [2.45, 2.75) is 38.1 Å². The molecule has 1 aliphatic carbocycles. The van der Waals surface area contributed by atoms with Gasteiger partial charge in [0.25, 0.3) is 5.91 Å². The Morgan fingerprint density at radius 1 is 1.75 bits per heavy atom. The highest BCUT2D eigenvalue weighted by molar-refractivity contribution is 5.92. The first-order valence-electron chi connectivity index (χ1n) is 5.63. The number of carbonyl (C=O) groups is 1. The van der Waals surface area contributed by atoms with E-state index in [0.29, 0.717) is 18.0 Å². The summed E-state index contributed by atoms with van der Waals surface area (Å²) in [4.78, 5) is 11.7. The fourth-order valence-corrected chi connectivity index (χ4v) is 1.49. The van der Waals surface area contributed by atoms with Gasteiger partial charge in [-0.05, 0) is 19.3 Å². The minimum Gasteiger partial charge on any atom is -0.394 e. The molecule has 1 atom stereocenters. The third kappa shape index (κ3) is 2.41. The molecule has 1 aromatic heterocycles. The lowest BCUT2D eigenvalue weighted by atomic mass is 10.2. The van der Waals surface area contributed by atoms with Gasteiger partial charge >= 0.3 is 0 Å². The van der Waals surface area contributed by atoms with E-state index in [1.54, 1.807) is 6.07 Å². The minimum atomic E-state index is -0.281. The van der Waals surface area contributed by atoms with Gasteiger partial charge in [-0.3, -0.25) is 4.79 Å². The van der Waals surface area contributed by atoms with E-state index in [9.17, 15) is 4.79 Å². The van der Waals surface area contributed by atoms with Gasteiger partial charge in [-0.1, -0.05) is 12.1 Å². The Labute approximate surface area is 93.8 Å². The number of nitrogens with zero attached hydrogens (tertiary/aromatic N) is 1. The van der Waals surface area contributed by atoms with Crippen LogP contribution in [0.5, 0.6) is 0 Å². The lowest BCUT2D eigenvalue weighted by Crippen LogP contribution is -2.37. The molecule has 0 unspecified atom stereocenters. The van der Waals surface area contributed by atoms with Crippen LogP contribution in [-0.4, -0.2) is 28.8 Å². The summed E-state index contributed by atoms with van der Waals surface area (Å²) in [5, 5.41) is 15.4. The zero-order valence-corrected chi connectivity index (χ0v) is 9.27. The van der Waals surface area contributed by atoms with Gasteiger partial charge in [-0.25, -0.2) is 0 Å². The molecule has 1 aromatic rings. The van der Waals surface area contributed by atoms with Crippen molar-refractivity contribution in [3.63, 3.8) is 0 Å². The molecule has 1 heterocycles. The van der Waals surface area contributed by atoms with Crippen molar-refractivity contribution in [3.05, 3.63) is 17.5 Å². The number of nitrogens with one attached hydrogen (secondary N) is 1. The van der Waals surface area contributed by atoms with Gasteiger partial charge in [-0.15, -0.1) is 0 Å². The van der Waals surface area contributed by atoms with Crippen molar-refractivity contribution >= 4 is 5.91 Å². The second kappa shape index (κ2) is 4.65. The molecule has 0 spiro atoms. The zero-order chi connectivity index (χ0) is 11.5. The van der Waals surface area contributed by atoms with E-state index in [1.165, 1.54) is 0 Å². The van der Waals surface area contributed by atoms with E-state index >= 15 is 0 Å². The van der Waals surface area contributed by atoms with E-state index < -0.39 is 0 Å². The van der Waals surface area contributed by atoms with Crippen LogP contribution in [0, 0.1) is 0 Å². The summed E-state index contributed by atoms with van der Waals surface area (Å²) in [6, 6.07) is 1.48. The molecule has 0 bridgehead atoms. The highest BCUT2D eigenvalue weighted by Gasteiger charge is 2.29. The molecule has 2 rings (SSSR count). The number of hydrogen-bond acceptors (Lipinski definition) is 4. The molecule has 0 saturated heterocycles. The fourth-order valence-electron chi connectivity index (χ4n) is 1.49. The van der Waals surface area contributed by atoms with E-state index in [2.05, 4.69) is 10.5 Å². The van der Waals surface area contributed by atoms with Gasteiger partial charge in [0.05, 0.1) is 12.6 Å². The molecule has 88 valence electrons. The lowest BCUT2D eigenvalue weighted by molar-refractivity contribution is 0.0905. The van der Waals surface area contributed by atoms with Gasteiger partial charge in [0.15, 0.2) is 5.69 Å². The van der Waals surface area contributed by atoms with Crippen LogP contribution in [0.1, 0.15) is 48.4 Å². The van der Waals surface area contributed by atoms with E-state index in [-0.39, 0.29) is 18.6 Å². The fraction of sp³-hybridized carbons (Fsp3) is 0.636. The zero-order valence-electron chi connectivity index (χ0n) is 9.27. The highest BCUT2D eigenvalue weighted by atomic mass is 16.5. The van der Waals surface area contributed by atoms with E-state index in [0.717, 1.165) is 18.6 Å². The quantitative estimate of drug-likeness (QED) is 0.784. The number of aliphatic hydroxyl groups excluding tert-OH is 1. The Hall–Kier alpha value is -1.36. The van der Waals surface area contributed by atoms with Gasteiger partial charge < -0.3 is 14.9 Å². The standard InChI is InChI=1S/C11H16N2O3/c1-2-8(6-14)12-11(15)9-5-10(16-13-9)7-3-4-7/h5,7-8,14H,2-4,6H2,1H3,(H,12,15)/t8-/m0/s1. The van der Waals surface area contributed by atoms with Crippen molar-refractivity contribution in [1.29, 1.82) is 0 Å². The summed E-state index contributed by atoms with van der Waals surface area (Å²) >= 11 is 0. The third-order valence-corrected chi connectivity index (χ3v) is 2.79. The lowest BCUT2D eigenvalue weighted by Gasteiger charge is -2.11. The van der Waals surface area contributed by atoms with Gasteiger partial charge in [-0.2, -0.15) is 0 Å². The Morgan fingerprint density at radius 3 is 3.06 bits per heavy atom. The summed E-state index contributed by atoms with van der Waals surface area (Å²) in [5.41, 5.74) is 0.300. The van der Waals surface area contributed by atoms with Gasteiger partial charge in [0.1, 0.15) is 5.76 Å². The molecule has 0 aliphatic heterocycles. The number of carbonyl (C=O) groups excluding carboxylic acids is 1. The van der Waals surface area contributed by atoms with Crippen LogP contribution in [0.3, 0.4) is 0 Å². The van der Waals surface area contributed by atoms with Gasteiger partial charge in [0, 0.05) is 12.0 Å². The second-order valence-electron chi connectivity index (χ2n) is 4.15. The maximum absolute atomic E-state index is 11.7. The van der Waals surface area contributed by atoms with Crippen molar-refractivity contribution in [3.8, 4) is 0 Å². The molecule has 0 aromatic carbocycles. The van der Waals surface area contributed by atoms with Gasteiger partial charge in [0.2, 0.25) is 0 Å². The topological polar surface area (TPSA) is 75.4 Å². The number of amides is 1. The molecule has 1 saturated carbocycles. The van der Waals surface area contributed by atoms with Crippen molar-refractivity contribution in [2.75, 3.05) is 6.61 Å². The molecule has 1 fully saturated rings. The van der Waals surface area contributed by atoms with Crippen molar-refractivity contribution < 1.29 is 14.4 Å². The Morgan fingerprint density at radius 2 is 2.50 bits per heavy atom. The molecular weight excluding hydrogens is 208 g/mol. The van der Waals surface area contributed by atoms with E-state index in [4.69, 9.17) is 9.63 Å². The summed E-state index contributed by atoms with van der Waals surface area (Å²) in [7, 11) is 0. The normalized spacial score (nSPS) is 17.1. The Kier molecular flexibility index (Phi) is 3.24. The highest BCUT2D eigenvalue weighted by Crippen LogP contribution is 2.40. The average Bonchev–Trinajstić information content (AvgIpc) is 3.03. The predicted octanol–water partition coefficient (Wildman–Crippen LogP) is 1.05. The smallest absolute Gasteiger partial charge is 0.273 e. The maximum Gasteiger partial charge on any atom is 0.273 e. The second-order valence-corrected chi connectivity index (χ2v) is 4.15. The van der Waals surface area contributed by atoms with Crippen LogP contribution in [0.2, 0.25) is 0 Å². The summed E-state index contributed by atoms with van der Waals surface area (Å²) in [6.45, 7) is 1.84. The molecule has 0 radical (unpaired) electrons. The molecular formula is C11H16N2O3. The van der Waals surface area contributed by atoms with Crippen LogP contribution in [0.15, 0.2) is 10.6 Å². The number of hydrogen-bond donors (Lipinski definition) is 2. The van der Waals surface area contributed by atoms with Crippen LogP contribution in [-0.2, 0) is 0 Å². The van der Waals surface area contributed by atoms with Crippen LogP contribution >= 0.6 is 0 Å². The molecule has 2 N–H and O–H groups in total. The van der Waals surface area contributed by atoms with Crippen molar-refractivity contribution in [2.24, 2.45) is 0 Å². The van der Waals surface area contributed by atoms with E-state index in [1.807, 2.05) is 6.92 Å². The molecule has 16 heavy (non-hydrogen) atoms. The third-order valence-electron chi connectivity index (χ3n) is 2.79. The van der Waals surface area contributed by atoms with Crippen molar-refractivity contribution in [1.82, 2.24) is 10.5 Å². The number of aliphatic hydroxyl groups is 1. The molecule has 1 aliphatic rings. The molecule has 1 amide bonds. The number of aromatic nitrogens is 1. The Balaban J connectivity index is 1.96. The molecule has 5 heteroatoms. The first-order valence-corrected chi connectivity index (χ1v) is 5.63. The largest absolute Gasteiger partial charge is 0.394 e. The monoisotopic (exact) mass is 224 g/mol. The summed E-state index contributed by atoms with van der Waals surface area (Å²) in [5.74, 6) is 0.965. The average molecular weight is 224 g/mol. The first-order chi connectivity index (χ1) is 7.74. The maximum atomic E-state index is 11.7. The summed E-state index contributed by atoms with van der Waals surface area (Å²) < 4.78 is 5.09. The van der Waals surface area contributed by atoms with Crippen LogP contribution in [0.25, 0.3) is 0 Å². The molecule has 5 nitrogen and oxygen atoms in total. The predicted molar refractivity (Wildman–Crippen MR) is 57.1 cm³/mol. The van der Waals surface area contributed by atoms with Crippen LogP contribution in [0.4, 0.5) is 0 Å². The SMILES string of the molecule is CC[C@@H](CO)NC(=O)c1cc(C2CC2)on1. The van der Waals surface area contributed by atoms with Crippen LogP contribution < -0.4 is 5.32 Å². The Bertz CT molecular complexity index is 367.